The number of carbonyl (C=O) groups excluding carboxylic acids is 1. The van der Waals surface area contributed by atoms with Crippen LogP contribution in [0.4, 0.5) is 24.5 Å². The van der Waals surface area contributed by atoms with Crippen LogP contribution in [0.25, 0.3) is 16.6 Å². The first kappa shape index (κ1) is 23.6. The summed E-state index contributed by atoms with van der Waals surface area (Å²) in [4.78, 5) is 27.5. The third-order valence-electron chi connectivity index (χ3n) is 6.14. The number of rotatable bonds is 5. The van der Waals surface area contributed by atoms with Crippen molar-refractivity contribution in [2.24, 2.45) is 0 Å². The first-order chi connectivity index (χ1) is 17.3. The molecule has 8 nitrogen and oxygen atoms in total. The number of hydrogen-bond acceptors (Lipinski definition) is 5. The highest BCUT2D eigenvalue weighted by atomic mass is 19.1. The van der Waals surface area contributed by atoms with E-state index in [9.17, 15) is 18.4 Å². The van der Waals surface area contributed by atoms with E-state index in [4.69, 9.17) is 0 Å². The first-order valence-electron chi connectivity index (χ1n) is 11.6. The van der Waals surface area contributed by atoms with Gasteiger partial charge in [-0.05, 0) is 44.9 Å². The molecule has 0 bridgehead atoms. The van der Waals surface area contributed by atoms with Gasteiger partial charge in [-0.25, -0.2) is 13.2 Å². The summed E-state index contributed by atoms with van der Waals surface area (Å²) in [5.74, 6) is -3.34. The van der Waals surface area contributed by atoms with Gasteiger partial charge in [0.1, 0.15) is 16.9 Å². The molecular formula is C25H23F3N6O2. The number of nitrogens with zero attached hydrogens (tertiary/aromatic N) is 5. The van der Waals surface area contributed by atoms with E-state index >= 15 is 4.39 Å². The van der Waals surface area contributed by atoms with Crippen LogP contribution >= 0.6 is 0 Å². The minimum atomic E-state index is -1.01. The molecular weight excluding hydrogens is 473 g/mol. The minimum Gasteiger partial charge on any atom is -0.369 e. The molecule has 5 rings (SSSR count). The molecule has 2 aromatic carbocycles. The Morgan fingerprint density at radius 3 is 2.36 bits per heavy atom. The van der Waals surface area contributed by atoms with Gasteiger partial charge in [-0.2, -0.15) is 14.9 Å². The standard InChI is InChI=1S/C25H23F3N6O2/c1-14(2)33-22-15(13-29-33)23(32-10-3-4-11-32)20(12-18(22)28)30-25(36)19-8-9-21(35)34(31-19)24-16(26)6-5-7-17(24)27/h5-9,12-14H,3-4,10-11H2,1-2H3,(H,30,36). The Morgan fingerprint density at radius 1 is 1.00 bits per heavy atom. The number of nitrogens with one attached hydrogen (secondary N) is 1. The summed E-state index contributed by atoms with van der Waals surface area (Å²) < 4.78 is 45.9. The summed E-state index contributed by atoms with van der Waals surface area (Å²) in [6, 6.07) is 6.42. The summed E-state index contributed by atoms with van der Waals surface area (Å²) in [6.07, 6.45) is 3.48. The lowest BCUT2D eigenvalue weighted by Gasteiger charge is -2.23. The average molecular weight is 496 g/mol. The lowest BCUT2D eigenvalue weighted by Crippen LogP contribution is -2.27. The van der Waals surface area contributed by atoms with Crippen molar-refractivity contribution >= 4 is 28.2 Å². The van der Waals surface area contributed by atoms with Gasteiger partial charge in [0.2, 0.25) is 0 Å². The van der Waals surface area contributed by atoms with Gasteiger partial charge in [0.15, 0.2) is 17.5 Å². The first-order valence-corrected chi connectivity index (χ1v) is 11.6. The number of fused-ring (bicyclic) bond motifs is 1. The fraction of sp³-hybridized carbons (Fsp3) is 0.280. The second kappa shape index (κ2) is 9.14. The fourth-order valence-corrected chi connectivity index (χ4v) is 4.52. The number of anilines is 2. The smallest absolute Gasteiger partial charge is 0.276 e. The van der Waals surface area contributed by atoms with Gasteiger partial charge in [-0.3, -0.25) is 14.3 Å². The molecule has 1 N–H and O–H groups in total. The molecule has 0 aliphatic carbocycles. The predicted octanol–water partition coefficient (Wildman–Crippen LogP) is 4.43. The Hall–Kier alpha value is -4.15. The monoisotopic (exact) mass is 496 g/mol. The van der Waals surface area contributed by atoms with Crippen molar-refractivity contribution in [3.05, 3.63) is 76.1 Å². The van der Waals surface area contributed by atoms with Crippen LogP contribution in [-0.2, 0) is 0 Å². The third kappa shape index (κ3) is 4.00. The second-order valence-electron chi connectivity index (χ2n) is 8.89. The van der Waals surface area contributed by atoms with Crippen LogP contribution in [0.1, 0.15) is 43.2 Å². The van der Waals surface area contributed by atoms with Crippen molar-refractivity contribution in [3.8, 4) is 5.69 Å². The molecule has 1 amide bonds. The number of benzene rings is 2. The lowest BCUT2D eigenvalue weighted by molar-refractivity contribution is 0.102. The van der Waals surface area contributed by atoms with Crippen LogP contribution in [0, 0.1) is 17.5 Å². The molecule has 1 saturated heterocycles. The summed E-state index contributed by atoms with van der Waals surface area (Å²) in [6.45, 7) is 5.25. The predicted molar refractivity (Wildman–Crippen MR) is 129 cm³/mol. The maximum atomic E-state index is 15.3. The van der Waals surface area contributed by atoms with Crippen molar-refractivity contribution < 1.29 is 18.0 Å². The summed E-state index contributed by atoms with van der Waals surface area (Å²) in [7, 11) is 0. The molecule has 4 aromatic rings. The van der Waals surface area contributed by atoms with Crippen LogP contribution in [0.15, 0.2) is 47.4 Å². The Balaban J connectivity index is 1.59. The summed E-state index contributed by atoms with van der Waals surface area (Å²) >= 11 is 0. The van der Waals surface area contributed by atoms with E-state index in [1.807, 2.05) is 13.8 Å². The van der Waals surface area contributed by atoms with E-state index in [2.05, 4.69) is 20.4 Å². The third-order valence-corrected chi connectivity index (χ3v) is 6.14. The van der Waals surface area contributed by atoms with Crippen molar-refractivity contribution in [2.45, 2.75) is 32.7 Å². The number of aromatic nitrogens is 4. The Bertz CT molecular complexity index is 1520. The normalized spacial score (nSPS) is 13.7. The number of carbonyl (C=O) groups is 1. The van der Waals surface area contributed by atoms with E-state index in [0.29, 0.717) is 21.3 Å². The Labute approximate surface area is 203 Å². The van der Waals surface area contributed by atoms with Crippen LogP contribution in [0.2, 0.25) is 0 Å². The lowest BCUT2D eigenvalue weighted by atomic mass is 10.1. The molecule has 3 heterocycles. The van der Waals surface area contributed by atoms with E-state index < -0.39 is 34.6 Å². The van der Waals surface area contributed by atoms with Crippen LogP contribution < -0.4 is 15.8 Å². The van der Waals surface area contributed by atoms with Gasteiger partial charge < -0.3 is 10.2 Å². The highest BCUT2D eigenvalue weighted by Crippen LogP contribution is 2.39. The molecule has 0 radical (unpaired) electrons. The van der Waals surface area contributed by atoms with Gasteiger partial charge >= 0.3 is 0 Å². The van der Waals surface area contributed by atoms with Crippen LogP contribution in [0.5, 0.6) is 0 Å². The molecule has 36 heavy (non-hydrogen) atoms. The average Bonchev–Trinajstić information content (AvgIpc) is 3.51. The molecule has 1 aliphatic rings. The van der Waals surface area contributed by atoms with Gasteiger partial charge in [0, 0.05) is 36.7 Å². The van der Waals surface area contributed by atoms with E-state index in [1.165, 1.54) is 6.07 Å². The number of halogens is 3. The molecule has 186 valence electrons. The van der Waals surface area contributed by atoms with Gasteiger partial charge in [0.05, 0.1) is 17.6 Å². The molecule has 1 aliphatic heterocycles. The highest BCUT2D eigenvalue weighted by molar-refractivity contribution is 6.09. The number of amides is 1. The maximum Gasteiger partial charge on any atom is 0.276 e. The summed E-state index contributed by atoms with van der Waals surface area (Å²) in [5, 5.41) is 11.5. The number of hydrogen-bond donors (Lipinski definition) is 1. The molecule has 0 saturated carbocycles. The van der Waals surface area contributed by atoms with E-state index in [1.54, 1.807) is 10.9 Å². The van der Waals surface area contributed by atoms with E-state index in [0.717, 1.165) is 56.3 Å². The van der Waals surface area contributed by atoms with Crippen molar-refractivity contribution in [1.82, 2.24) is 19.6 Å². The largest absolute Gasteiger partial charge is 0.369 e. The zero-order valence-electron chi connectivity index (χ0n) is 19.6. The molecule has 11 heteroatoms. The quantitative estimate of drug-likeness (QED) is 0.442. The van der Waals surface area contributed by atoms with Crippen molar-refractivity contribution in [2.75, 3.05) is 23.3 Å². The Kier molecular flexibility index (Phi) is 5.99. The fourth-order valence-electron chi connectivity index (χ4n) is 4.52. The zero-order chi connectivity index (χ0) is 25.6. The molecule has 0 unspecified atom stereocenters. The Morgan fingerprint density at radius 2 is 1.69 bits per heavy atom. The molecule has 1 fully saturated rings. The van der Waals surface area contributed by atoms with Crippen LogP contribution in [-0.4, -0.2) is 38.6 Å². The molecule has 0 spiro atoms. The molecule has 2 aromatic heterocycles. The molecule has 0 atom stereocenters. The topological polar surface area (TPSA) is 85.0 Å². The SMILES string of the molecule is CC(C)n1ncc2c(N3CCCC3)c(NC(=O)c3ccc(=O)n(-c4c(F)cccc4F)n3)cc(F)c21. The van der Waals surface area contributed by atoms with Crippen LogP contribution in [0.3, 0.4) is 0 Å². The minimum absolute atomic E-state index is 0.0760. The maximum absolute atomic E-state index is 15.3. The van der Waals surface area contributed by atoms with Crippen molar-refractivity contribution in [3.63, 3.8) is 0 Å². The number of para-hydroxylation sites is 1. The highest BCUT2D eigenvalue weighted by Gasteiger charge is 2.26. The van der Waals surface area contributed by atoms with E-state index in [-0.39, 0.29) is 17.4 Å². The van der Waals surface area contributed by atoms with Gasteiger partial charge in [-0.15, -0.1) is 0 Å². The van der Waals surface area contributed by atoms with Gasteiger partial charge in [0.25, 0.3) is 11.5 Å². The summed E-state index contributed by atoms with van der Waals surface area (Å²) in [5.41, 5.74) is -0.593. The van der Waals surface area contributed by atoms with Crippen molar-refractivity contribution in [1.29, 1.82) is 0 Å². The zero-order valence-corrected chi connectivity index (χ0v) is 19.6. The van der Waals surface area contributed by atoms with Gasteiger partial charge in [-0.1, -0.05) is 6.07 Å². The second-order valence-corrected chi connectivity index (χ2v) is 8.89.